The number of anilines is 1. The monoisotopic (exact) mass is 277 g/mol. The molecule has 0 aliphatic heterocycles. The molecule has 0 saturated carbocycles. The molecule has 0 aliphatic carbocycles. The molecule has 5 heteroatoms. The summed E-state index contributed by atoms with van der Waals surface area (Å²) in [5, 5.41) is 0. The van der Waals surface area contributed by atoms with Gasteiger partial charge >= 0.3 is 5.97 Å². The number of halogens is 2. The van der Waals surface area contributed by atoms with Crippen molar-refractivity contribution in [3.63, 3.8) is 0 Å². The van der Waals surface area contributed by atoms with Gasteiger partial charge in [0.15, 0.2) is 0 Å². The Morgan fingerprint density at radius 1 is 1.25 bits per heavy atom. The highest BCUT2D eigenvalue weighted by Gasteiger charge is 2.16. The van der Waals surface area contributed by atoms with Crippen LogP contribution in [-0.4, -0.2) is 5.97 Å². The van der Waals surface area contributed by atoms with E-state index in [0.29, 0.717) is 5.56 Å². The van der Waals surface area contributed by atoms with Crippen LogP contribution in [0.2, 0.25) is 0 Å². The van der Waals surface area contributed by atoms with Crippen LogP contribution in [0.1, 0.15) is 21.5 Å². The number of carbonyl (C=O) groups excluding carboxylic acids is 1. The summed E-state index contributed by atoms with van der Waals surface area (Å²) in [6.07, 6.45) is 0. The molecule has 0 spiro atoms. The van der Waals surface area contributed by atoms with E-state index < -0.39 is 17.6 Å². The molecule has 0 fully saturated rings. The zero-order valence-corrected chi connectivity index (χ0v) is 10.8. The van der Waals surface area contributed by atoms with Crippen LogP contribution >= 0.6 is 0 Å². The number of rotatable bonds is 3. The Hall–Kier alpha value is -2.43. The Kier molecular flexibility index (Phi) is 3.98. The topological polar surface area (TPSA) is 52.3 Å². The lowest BCUT2D eigenvalue weighted by Crippen LogP contribution is -2.09. The highest BCUT2D eigenvalue weighted by molar-refractivity contribution is 5.91. The van der Waals surface area contributed by atoms with E-state index >= 15 is 0 Å². The molecule has 0 aliphatic rings. The molecule has 0 amide bonds. The first-order valence-electron chi connectivity index (χ1n) is 5.94. The van der Waals surface area contributed by atoms with Crippen molar-refractivity contribution in [2.24, 2.45) is 0 Å². The summed E-state index contributed by atoms with van der Waals surface area (Å²) in [4.78, 5) is 11.8. The second-order valence-electron chi connectivity index (χ2n) is 4.41. The molecule has 2 aromatic carbocycles. The van der Waals surface area contributed by atoms with Gasteiger partial charge in [0.1, 0.15) is 18.2 Å². The minimum absolute atomic E-state index is 0.135. The number of hydrogen-bond acceptors (Lipinski definition) is 3. The van der Waals surface area contributed by atoms with Crippen LogP contribution < -0.4 is 5.73 Å². The van der Waals surface area contributed by atoms with Gasteiger partial charge in [-0.25, -0.2) is 13.6 Å². The number of carbonyl (C=O) groups is 1. The van der Waals surface area contributed by atoms with Crippen LogP contribution in [0.5, 0.6) is 0 Å². The molecular formula is C15H13F2NO2. The predicted octanol–water partition coefficient (Wildman–Crippen LogP) is 3.21. The summed E-state index contributed by atoms with van der Waals surface area (Å²) < 4.78 is 31.7. The smallest absolute Gasteiger partial charge is 0.341 e. The van der Waals surface area contributed by atoms with Crippen molar-refractivity contribution in [2.45, 2.75) is 13.5 Å². The van der Waals surface area contributed by atoms with Crippen molar-refractivity contribution in [3.05, 3.63) is 64.7 Å². The first-order valence-corrected chi connectivity index (χ1v) is 5.94. The number of ether oxygens (including phenoxy) is 1. The second kappa shape index (κ2) is 5.69. The van der Waals surface area contributed by atoms with Crippen LogP contribution in [0.15, 0.2) is 36.4 Å². The number of hydrogen-bond donors (Lipinski definition) is 1. The molecule has 0 atom stereocenters. The number of aryl methyl sites for hydroxylation is 1. The van der Waals surface area contributed by atoms with Crippen LogP contribution in [0.4, 0.5) is 14.5 Å². The molecule has 104 valence electrons. The fourth-order valence-corrected chi connectivity index (χ4v) is 1.80. The Labute approximate surface area is 115 Å². The van der Waals surface area contributed by atoms with E-state index in [1.807, 2.05) is 0 Å². The van der Waals surface area contributed by atoms with Crippen molar-refractivity contribution in [1.29, 1.82) is 0 Å². The Morgan fingerprint density at radius 2 is 2.00 bits per heavy atom. The fraction of sp³-hybridized carbons (Fsp3) is 0.133. The van der Waals surface area contributed by atoms with Gasteiger partial charge in [0.2, 0.25) is 0 Å². The highest BCUT2D eigenvalue weighted by atomic mass is 19.1. The maximum Gasteiger partial charge on any atom is 0.341 e. The molecule has 0 unspecified atom stereocenters. The van der Waals surface area contributed by atoms with Crippen LogP contribution in [0.25, 0.3) is 0 Å². The molecule has 0 saturated heterocycles. The van der Waals surface area contributed by atoms with E-state index in [1.165, 1.54) is 37.3 Å². The molecule has 0 heterocycles. The second-order valence-corrected chi connectivity index (χ2v) is 4.41. The van der Waals surface area contributed by atoms with E-state index in [0.717, 1.165) is 0 Å². The molecule has 20 heavy (non-hydrogen) atoms. The lowest BCUT2D eigenvalue weighted by molar-refractivity contribution is 0.0467. The summed E-state index contributed by atoms with van der Waals surface area (Å²) in [5.74, 6) is -1.92. The molecule has 2 rings (SSSR count). The maximum atomic E-state index is 13.8. The van der Waals surface area contributed by atoms with Gasteiger partial charge in [-0.05, 0) is 42.3 Å². The number of nitrogens with two attached hydrogens (primary N) is 1. The van der Waals surface area contributed by atoms with Gasteiger partial charge in [-0.3, -0.25) is 0 Å². The SMILES string of the molecule is Cc1cc(N)cc(C(=O)OCc2cccc(F)c2)c1F. The van der Waals surface area contributed by atoms with Gasteiger partial charge in [0.25, 0.3) is 0 Å². The number of esters is 1. The zero-order chi connectivity index (χ0) is 14.7. The minimum atomic E-state index is -0.831. The van der Waals surface area contributed by atoms with Gasteiger partial charge in [-0.15, -0.1) is 0 Å². The van der Waals surface area contributed by atoms with E-state index in [9.17, 15) is 13.6 Å². The molecule has 3 nitrogen and oxygen atoms in total. The lowest BCUT2D eigenvalue weighted by atomic mass is 10.1. The van der Waals surface area contributed by atoms with Gasteiger partial charge < -0.3 is 10.5 Å². The summed E-state index contributed by atoms with van der Waals surface area (Å²) in [6.45, 7) is 1.37. The van der Waals surface area contributed by atoms with Crippen molar-refractivity contribution >= 4 is 11.7 Å². The normalized spacial score (nSPS) is 10.3. The summed E-state index contributed by atoms with van der Waals surface area (Å²) in [6, 6.07) is 8.29. The van der Waals surface area contributed by atoms with Crippen molar-refractivity contribution in [1.82, 2.24) is 0 Å². The minimum Gasteiger partial charge on any atom is -0.457 e. The molecule has 0 bridgehead atoms. The van der Waals surface area contributed by atoms with Gasteiger partial charge in [-0.2, -0.15) is 0 Å². The zero-order valence-electron chi connectivity index (χ0n) is 10.8. The maximum absolute atomic E-state index is 13.8. The molecule has 0 aromatic heterocycles. The summed E-state index contributed by atoms with van der Waals surface area (Å²) in [5.41, 5.74) is 6.38. The molecular weight excluding hydrogens is 264 g/mol. The largest absolute Gasteiger partial charge is 0.457 e. The Bertz CT molecular complexity index is 656. The third-order valence-corrected chi connectivity index (χ3v) is 2.76. The molecule has 0 radical (unpaired) electrons. The number of nitrogen functional groups attached to an aromatic ring is 1. The molecule has 2 aromatic rings. The highest BCUT2D eigenvalue weighted by Crippen LogP contribution is 2.18. The predicted molar refractivity (Wildman–Crippen MR) is 71.1 cm³/mol. The van der Waals surface area contributed by atoms with E-state index in [4.69, 9.17) is 10.5 Å². The number of benzene rings is 2. The first kappa shape index (κ1) is 14.0. The Balaban J connectivity index is 2.13. The van der Waals surface area contributed by atoms with E-state index in [-0.39, 0.29) is 23.4 Å². The van der Waals surface area contributed by atoms with Crippen LogP contribution in [0, 0.1) is 18.6 Å². The third-order valence-electron chi connectivity index (χ3n) is 2.76. The van der Waals surface area contributed by atoms with Gasteiger partial charge in [0.05, 0.1) is 5.56 Å². The van der Waals surface area contributed by atoms with Crippen LogP contribution in [0.3, 0.4) is 0 Å². The van der Waals surface area contributed by atoms with Gasteiger partial charge in [0, 0.05) is 5.69 Å². The van der Waals surface area contributed by atoms with Crippen molar-refractivity contribution in [2.75, 3.05) is 5.73 Å². The summed E-state index contributed by atoms with van der Waals surface area (Å²) in [7, 11) is 0. The molecule has 2 N–H and O–H groups in total. The lowest BCUT2D eigenvalue weighted by Gasteiger charge is -2.08. The first-order chi connectivity index (χ1) is 9.47. The van der Waals surface area contributed by atoms with E-state index in [2.05, 4.69) is 0 Å². The van der Waals surface area contributed by atoms with Crippen LogP contribution in [-0.2, 0) is 11.3 Å². The quantitative estimate of drug-likeness (QED) is 0.692. The standard InChI is InChI=1S/C15H13F2NO2/c1-9-5-12(18)7-13(14(9)17)15(19)20-8-10-3-2-4-11(16)6-10/h2-7H,8,18H2,1H3. The Morgan fingerprint density at radius 3 is 2.70 bits per heavy atom. The van der Waals surface area contributed by atoms with Gasteiger partial charge in [-0.1, -0.05) is 12.1 Å². The van der Waals surface area contributed by atoms with Crippen molar-refractivity contribution < 1.29 is 18.3 Å². The van der Waals surface area contributed by atoms with Crippen molar-refractivity contribution in [3.8, 4) is 0 Å². The third kappa shape index (κ3) is 3.12. The average Bonchev–Trinajstić information content (AvgIpc) is 2.40. The fourth-order valence-electron chi connectivity index (χ4n) is 1.80. The average molecular weight is 277 g/mol. The summed E-state index contributed by atoms with van der Waals surface area (Å²) >= 11 is 0. The van der Waals surface area contributed by atoms with E-state index in [1.54, 1.807) is 6.07 Å².